The van der Waals surface area contributed by atoms with Crippen molar-refractivity contribution in [2.45, 2.75) is 58.8 Å². The molecule has 0 saturated carbocycles. The van der Waals surface area contributed by atoms with E-state index in [0.29, 0.717) is 0 Å². The van der Waals surface area contributed by atoms with Crippen LogP contribution in [0.3, 0.4) is 0 Å². The Balaban J connectivity index is 0.00000234. The van der Waals surface area contributed by atoms with Gasteiger partial charge in [0, 0.05) is 12.4 Å². The van der Waals surface area contributed by atoms with Crippen LogP contribution in [0.4, 0.5) is 92.2 Å². The molecule has 0 unspecified atom stereocenters. The number of hydrogen-bond donors (Lipinski definition) is 1. The molecule has 41 heavy (non-hydrogen) atoms. The zero-order chi connectivity index (χ0) is 33.7. The Bertz CT molecular complexity index is 1120. The van der Waals surface area contributed by atoms with Gasteiger partial charge in [0.25, 0.3) is 0 Å². The van der Waals surface area contributed by atoms with Gasteiger partial charge >= 0.3 is 68.9 Å². The highest BCUT2D eigenvalue weighted by atomic mass is 32.2. The van der Waals surface area contributed by atoms with E-state index in [-0.39, 0.29) is 0 Å². The molecular weight excluding hydrogens is 673 g/mol. The van der Waals surface area contributed by atoms with Crippen molar-refractivity contribution in [2.24, 2.45) is 0 Å². The van der Waals surface area contributed by atoms with Gasteiger partial charge in [-0.3, -0.25) is 9.54 Å². The maximum atomic E-state index is 13.3. The predicted molar refractivity (Wildman–Crippen MR) is 86.4 cm³/mol. The van der Waals surface area contributed by atoms with Crippen molar-refractivity contribution in [3.8, 4) is 0 Å². The third kappa shape index (κ3) is 5.44. The molecule has 1 rings (SSSR count). The van der Waals surface area contributed by atoms with E-state index in [1.807, 2.05) is 18.2 Å². The Morgan fingerprint density at radius 1 is 0.415 bits per heavy atom. The van der Waals surface area contributed by atoms with Crippen molar-refractivity contribution in [3.05, 3.63) is 30.6 Å². The molecule has 0 fully saturated rings. The van der Waals surface area contributed by atoms with Gasteiger partial charge in [-0.25, -0.2) is 0 Å². The summed E-state index contributed by atoms with van der Waals surface area (Å²) in [6.07, 6.45) is -4.58. The molecule has 0 amide bonds. The molecular formula is C15H6F21NO3S. The molecule has 1 N–H and O–H groups in total. The Morgan fingerprint density at radius 2 is 0.659 bits per heavy atom. The second-order valence-corrected chi connectivity index (χ2v) is 8.57. The normalized spacial score (nSPS) is 15.8. The molecule has 242 valence electrons. The lowest BCUT2D eigenvalue weighted by Gasteiger charge is -2.44. The molecule has 0 atom stereocenters. The summed E-state index contributed by atoms with van der Waals surface area (Å²) >= 11 is 0. The zero-order valence-corrected chi connectivity index (χ0v) is 18.8. The lowest BCUT2D eigenvalue weighted by Crippen LogP contribution is -2.77. The van der Waals surface area contributed by atoms with Crippen molar-refractivity contribution in [1.82, 2.24) is 4.98 Å². The molecule has 4 nitrogen and oxygen atoms in total. The first-order valence-corrected chi connectivity index (χ1v) is 10.2. The molecule has 0 aliphatic carbocycles. The molecule has 0 aromatic carbocycles. The van der Waals surface area contributed by atoms with Crippen LogP contribution in [0, 0.1) is 0 Å². The lowest BCUT2D eigenvalue weighted by atomic mass is 9.87. The standard InChI is InChI=1S/C10HF21O3S.C5H5N/c11-1(12,3(15,16)5(19,20)7(23,24)9(27,28)29)2(13,14)4(17,18)6(21,22)8(25,26)10(30,31)35(32,33)34;1-2-4-6-5-3-1/h(H,32,33,34);1-5H. The molecule has 0 aliphatic rings. The van der Waals surface area contributed by atoms with Gasteiger partial charge in [0.1, 0.15) is 0 Å². The van der Waals surface area contributed by atoms with Gasteiger partial charge in [-0.1, -0.05) is 6.07 Å². The third-order valence-electron chi connectivity index (χ3n) is 4.37. The summed E-state index contributed by atoms with van der Waals surface area (Å²) in [7, 11) is -8.09. The number of halogens is 21. The van der Waals surface area contributed by atoms with E-state index in [0.717, 1.165) is 0 Å². The van der Waals surface area contributed by atoms with Crippen LogP contribution in [-0.4, -0.2) is 76.8 Å². The van der Waals surface area contributed by atoms with Gasteiger partial charge in [0.2, 0.25) is 0 Å². The number of rotatable bonds is 9. The van der Waals surface area contributed by atoms with Crippen LogP contribution in [0.15, 0.2) is 30.6 Å². The van der Waals surface area contributed by atoms with E-state index < -0.39 is 68.9 Å². The van der Waals surface area contributed by atoms with E-state index in [4.69, 9.17) is 4.55 Å². The van der Waals surface area contributed by atoms with Crippen molar-refractivity contribution in [3.63, 3.8) is 0 Å². The SMILES string of the molecule is O=S(=O)(O)C(F)(F)C(F)(F)C(F)(F)C(F)(F)C(F)(F)C(F)(F)C(F)(F)C(F)(F)C(F)(F)C(F)(F)F.c1ccncc1. The summed E-state index contributed by atoms with van der Waals surface area (Å²) in [6, 6.07) is 5.72. The molecule has 0 saturated heterocycles. The second kappa shape index (κ2) is 10.4. The lowest BCUT2D eigenvalue weighted by molar-refractivity contribution is -0.472. The van der Waals surface area contributed by atoms with Crippen LogP contribution in [0.2, 0.25) is 0 Å². The molecule has 1 aromatic heterocycles. The van der Waals surface area contributed by atoms with Crippen molar-refractivity contribution < 1.29 is 105 Å². The monoisotopic (exact) mass is 679 g/mol. The van der Waals surface area contributed by atoms with E-state index in [2.05, 4.69) is 4.98 Å². The van der Waals surface area contributed by atoms with E-state index >= 15 is 0 Å². The summed E-state index contributed by atoms with van der Waals surface area (Å²) in [5.41, 5.74) is 0. The van der Waals surface area contributed by atoms with Crippen LogP contribution in [0.25, 0.3) is 0 Å². The second-order valence-electron chi connectivity index (χ2n) is 7.11. The van der Waals surface area contributed by atoms with Gasteiger partial charge in [0.15, 0.2) is 0 Å². The first-order valence-electron chi connectivity index (χ1n) is 8.79. The molecule has 1 heterocycles. The van der Waals surface area contributed by atoms with Gasteiger partial charge in [0.05, 0.1) is 0 Å². The average molecular weight is 679 g/mol. The largest absolute Gasteiger partial charge is 0.460 e. The number of alkyl halides is 21. The smallest absolute Gasteiger partial charge is 0.281 e. The van der Waals surface area contributed by atoms with Gasteiger partial charge in [-0.05, 0) is 12.1 Å². The molecule has 26 heteroatoms. The van der Waals surface area contributed by atoms with Crippen LogP contribution in [0.5, 0.6) is 0 Å². The summed E-state index contributed by atoms with van der Waals surface area (Å²) in [6.45, 7) is 0. The summed E-state index contributed by atoms with van der Waals surface area (Å²) < 4.78 is 298. The first kappa shape index (κ1) is 38.6. The Labute approximate surface area is 210 Å². The van der Waals surface area contributed by atoms with Crippen LogP contribution in [-0.2, 0) is 10.1 Å². The minimum absolute atomic E-state index is 1.75. The number of hydrogen-bond acceptors (Lipinski definition) is 3. The summed E-state index contributed by atoms with van der Waals surface area (Å²) in [5, 5.41) is -8.06. The Hall–Kier alpha value is -2.41. The molecule has 0 radical (unpaired) electrons. The topological polar surface area (TPSA) is 67.3 Å². The molecule has 0 aliphatic heterocycles. The van der Waals surface area contributed by atoms with E-state index in [9.17, 15) is 101 Å². The first-order chi connectivity index (χ1) is 17.5. The number of pyridine rings is 1. The van der Waals surface area contributed by atoms with Crippen molar-refractivity contribution in [2.75, 3.05) is 0 Å². The third-order valence-corrected chi connectivity index (χ3v) is 5.28. The van der Waals surface area contributed by atoms with Gasteiger partial charge in [-0.15, -0.1) is 0 Å². The van der Waals surface area contributed by atoms with Gasteiger partial charge in [-0.2, -0.15) is 101 Å². The fourth-order valence-corrected chi connectivity index (χ4v) is 2.47. The average Bonchev–Trinajstić information content (AvgIpc) is 2.78. The Morgan fingerprint density at radius 3 is 0.829 bits per heavy atom. The van der Waals surface area contributed by atoms with Gasteiger partial charge < -0.3 is 0 Å². The van der Waals surface area contributed by atoms with E-state index in [1.165, 1.54) is 0 Å². The predicted octanol–water partition coefficient (Wildman–Crippen LogP) is 7.19. The van der Waals surface area contributed by atoms with Crippen molar-refractivity contribution in [1.29, 1.82) is 0 Å². The maximum Gasteiger partial charge on any atom is 0.460 e. The quantitative estimate of drug-likeness (QED) is 0.222. The van der Waals surface area contributed by atoms with Crippen LogP contribution in [0.1, 0.15) is 0 Å². The highest BCUT2D eigenvalue weighted by Gasteiger charge is 2.98. The molecule has 1 aromatic rings. The highest BCUT2D eigenvalue weighted by molar-refractivity contribution is 7.87. The zero-order valence-electron chi connectivity index (χ0n) is 17.9. The highest BCUT2D eigenvalue weighted by Crippen LogP contribution is 2.66. The van der Waals surface area contributed by atoms with Crippen molar-refractivity contribution >= 4 is 10.1 Å². The fourth-order valence-electron chi connectivity index (χ4n) is 2.02. The number of nitrogens with zero attached hydrogens (tertiary/aromatic N) is 1. The number of aromatic nitrogens is 1. The minimum Gasteiger partial charge on any atom is -0.281 e. The fraction of sp³-hybridized carbons (Fsp3) is 0.667. The summed E-state index contributed by atoms with van der Waals surface area (Å²) in [4.78, 5) is 3.78. The minimum atomic E-state index is -9.38. The summed E-state index contributed by atoms with van der Waals surface area (Å²) in [5.74, 6) is -72.6. The maximum absolute atomic E-state index is 13.3. The molecule has 0 spiro atoms. The van der Waals surface area contributed by atoms with Crippen LogP contribution >= 0.6 is 0 Å². The Kier molecular flexibility index (Phi) is 9.78. The molecule has 0 bridgehead atoms. The van der Waals surface area contributed by atoms with E-state index in [1.54, 1.807) is 12.4 Å². The van der Waals surface area contributed by atoms with Crippen LogP contribution < -0.4 is 0 Å².